The summed E-state index contributed by atoms with van der Waals surface area (Å²) < 4.78 is 19.3. The predicted molar refractivity (Wildman–Crippen MR) is 160 cm³/mol. The summed E-state index contributed by atoms with van der Waals surface area (Å²) in [6, 6.07) is 25.4. The fraction of sp³-hybridized carbons (Fsp3) is 0.182. The predicted octanol–water partition coefficient (Wildman–Crippen LogP) is 8.04. The van der Waals surface area contributed by atoms with Crippen LogP contribution in [0.5, 0.6) is 5.75 Å². The van der Waals surface area contributed by atoms with Gasteiger partial charge in [-0.3, -0.25) is 4.79 Å². The molecule has 1 saturated heterocycles. The van der Waals surface area contributed by atoms with Gasteiger partial charge in [0.05, 0.1) is 10.5 Å². The number of likely N-dealkylation sites (tertiary alicyclic amines) is 1. The summed E-state index contributed by atoms with van der Waals surface area (Å²) in [6.45, 7) is 1.87. The van der Waals surface area contributed by atoms with Crippen molar-refractivity contribution in [2.75, 3.05) is 18.4 Å². The molecule has 4 aromatic carbocycles. The minimum atomic E-state index is -0.308. The second-order valence-corrected chi connectivity index (χ2v) is 10.5. The maximum Gasteiger partial charge on any atom is 0.253 e. The number of ether oxygens (including phenoxy) is 1. The van der Waals surface area contributed by atoms with Gasteiger partial charge in [-0.1, -0.05) is 41.9 Å². The summed E-state index contributed by atoms with van der Waals surface area (Å²) in [4.78, 5) is 23.7. The van der Waals surface area contributed by atoms with Crippen molar-refractivity contribution in [1.29, 1.82) is 0 Å². The van der Waals surface area contributed by atoms with Crippen molar-refractivity contribution >= 4 is 39.9 Å². The number of anilines is 2. The quantitative estimate of drug-likeness (QED) is 0.216. The number of fused-ring (bicyclic) bond motifs is 1. The highest BCUT2D eigenvalue weighted by Crippen LogP contribution is 2.32. The fourth-order valence-electron chi connectivity index (χ4n) is 5.04. The molecule has 6 nitrogen and oxygen atoms in total. The standard InChI is InChI=1S/C33H28ClFN4O2/c34-29-19-27(12-14-31(29)41-20-22-5-4-6-26(35)17-22)38-32-28-18-25(11-13-30(28)36-21-37-32)23-7-9-24(10-8-23)33(40)39-15-2-1-3-16-39/h4-14,17-19,21H,1-3,15-16,20H2,(H,36,37,38). The highest BCUT2D eigenvalue weighted by Gasteiger charge is 2.18. The van der Waals surface area contributed by atoms with E-state index in [-0.39, 0.29) is 18.3 Å². The maximum atomic E-state index is 13.5. The van der Waals surface area contributed by atoms with Crippen molar-refractivity contribution in [3.05, 3.63) is 113 Å². The van der Waals surface area contributed by atoms with Crippen LogP contribution in [-0.4, -0.2) is 33.9 Å². The van der Waals surface area contributed by atoms with E-state index in [1.54, 1.807) is 24.3 Å². The first-order valence-electron chi connectivity index (χ1n) is 13.6. The molecule has 1 fully saturated rings. The molecule has 1 N–H and O–H groups in total. The van der Waals surface area contributed by atoms with Gasteiger partial charge in [-0.25, -0.2) is 14.4 Å². The monoisotopic (exact) mass is 566 g/mol. The summed E-state index contributed by atoms with van der Waals surface area (Å²) in [7, 11) is 0. The summed E-state index contributed by atoms with van der Waals surface area (Å²) in [5.74, 6) is 0.924. The molecule has 0 unspecified atom stereocenters. The maximum absolute atomic E-state index is 13.5. The lowest BCUT2D eigenvalue weighted by atomic mass is 10.0. The molecule has 0 aliphatic carbocycles. The molecule has 0 spiro atoms. The number of carbonyl (C=O) groups is 1. The Morgan fingerprint density at radius 1 is 0.902 bits per heavy atom. The Hall–Kier alpha value is -4.49. The SMILES string of the molecule is O=C(c1ccc(-c2ccc3ncnc(Nc4ccc(OCc5cccc(F)c5)c(Cl)c4)c3c2)cc1)N1CCCCC1. The van der Waals surface area contributed by atoms with Crippen LogP contribution in [0.4, 0.5) is 15.9 Å². The Labute approximate surface area is 242 Å². The number of nitrogens with one attached hydrogen (secondary N) is 1. The molecule has 2 heterocycles. The van der Waals surface area contributed by atoms with Gasteiger partial charge in [-0.15, -0.1) is 0 Å². The fourth-order valence-corrected chi connectivity index (χ4v) is 5.28. The summed E-state index contributed by atoms with van der Waals surface area (Å²) in [5.41, 5.74) is 4.95. The Bertz CT molecular complexity index is 1700. The van der Waals surface area contributed by atoms with Crippen LogP contribution >= 0.6 is 11.6 Å². The molecule has 41 heavy (non-hydrogen) atoms. The lowest BCUT2D eigenvalue weighted by Crippen LogP contribution is -2.35. The van der Waals surface area contributed by atoms with Gasteiger partial charge in [0.2, 0.25) is 0 Å². The molecule has 0 saturated carbocycles. The molecule has 0 radical (unpaired) electrons. The third-order valence-electron chi connectivity index (χ3n) is 7.22. The van der Waals surface area contributed by atoms with E-state index < -0.39 is 0 Å². The average molecular weight is 567 g/mol. The Balaban J connectivity index is 1.19. The second kappa shape index (κ2) is 11.9. The van der Waals surface area contributed by atoms with Crippen molar-refractivity contribution in [2.24, 2.45) is 0 Å². The molecule has 0 atom stereocenters. The lowest BCUT2D eigenvalue weighted by molar-refractivity contribution is 0.0724. The van der Waals surface area contributed by atoms with Gasteiger partial charge in [-0.2, -0.15) is 0 Å². The molecule has 8 heteroatoms. The van der Waals surface area contributed by atoms with E-state index in [0.717, 1.165) is 59.2 Å². The normalized spacial score (nSPS) is 13.3. The summed E-state index contributed by atoms with van der Waals surface area (Å²) in [5, 5.41) is 4.61. The third kappa shape index (κ3) is 6.15. The van der Waals surface area contributed by atoms with E-state index >= 15 is 0 Å². The first kappa shape index (κ1) is 26.7. The van der Waals surface area contributed by atoms with Gasteiger partial charge >= 0.3 is 0 Å². The van der Waals surface area contributed by atoms with Gasteiger partial charge < -0.3 is 15.0 Å². The van der Waals surface area contributed by atoms with Crippen molar-refractivity contribution in [3.63, 3.8) is 0 Å². The van der Waals surface area contributed by atoms with Crippen molar-refractivity contribution in [3.8, 4) is 16.9 Å². The smallest absolute Gasteiger partial charge is 0.253 e. The van der Waals surface area contributed by atoms with Crippen LogP contribution < -0.4 is 10.1 Å². The first-order chi connectivity index (χ1) is 20.0. The van der Waals surface area contributed by atoms with Crippen LogP contribution in [0.1, 0.15) is 35.2 Å². The van der Waals surface area contributed by atoms with E-state index in [1.165, 1.54) is 24.9 Å². The Morgan fingerprint density at radius 3 is 2.49 bits per heavy atom. The number of benzene rings is 4. The molecular formula is C33H28ClFN4O2. The molecule has 206 valence electrons. The molecule has 6 rings (SSSR count). The number of carbonyl (C=O) groups excluding carboxylic acids is 1. The summed E-state index contributed by atoms with van der Waals surface area (Å²) in [6.07, 6.45) is 4.85. The molecule has 5 aromatic rings. The van der Waals surface area contributed by atoms with Gasteiger partial charge in [-0.05, 0) is 90.6 Å². The number of amides is 1. The Morgan fingerprint density at radius 2 is 1.71 bits per heavy atom. The zero-order chi connectivity index (χ0) is 28.2. The molecule has 1 aromatic heterocycles. The molecule has 1 aliphatic heterocycles. The minimum absolute atomic E-state index is 0.0960. The number of rotatable bonds is 7. The highest BCUT2D eigenvalue weighted by molar-refractivity contribution is 6.32. The van der Waals surface area contributed by atoms with Crippen LogP contribution in [0.3, 0.4) is 0 Å². The lowest BCUT2D eigenvalue weighted by Gasteiger charge is -2.26. The van der Waals surface area contributed by atoms with Crippen molar-refractivity contribution in [1.82, 2.24) is 14.9 Å². The highest BCUT2D eigenvalue weighted by atomic mass is 35.5. The van der Waals surface area contributed by atoms with E-state index in [2.05, 4.69) is 15.3 Å². The number of aromatic nitrogens is 2. The summed E-state index contributed by atoms with van der Waals surface area (Å²) >= 11 is 6.50. The van der Waals surface area contributed by atoms with E-state index in [9.17, 15) is 9.18 Å². The number of hydrogen-bond donors (Lipinski definition) is 1. The van der Waals surface area contributed by atoms with Crippen LogP contribution in [0, 0.1) is 5.82 Å². The van der Waals surface area contributed by atoms with E-state index in [0.29, 0.717) is 22.2 Å². The van der Waals surface area contributed by atoms with Gasteiger partial charge in [0.25, 0.3) is 5.91 Å². The second-order valence-electron chi connectivity index (χ2n) is 10.1. The molecule has 1 amide bonds. The zero-order valence-electron chi connectivity index (χ0n) is 22.3. The third-order valence-corrected chi connectivity index (χ3v) is 7.52. The van der Waals surface area contributed by atoms with E-state index in [4.69, 9.17) is 16.3 Å². The number of piperidine rings is 1. The number of hydrogen-bond acceptors (Lipinski definition) is 5. The van der Waals surface area contributed by atoms with Gasteiger partial charge in [0.15, 0.2) is 0 Å². The van der Waals surface area contributed by atoms with Crippen molar-refractivity contribution < 1.29 is 13.9 Å². The van der Waals surface area contributed by atoms with Crippen molar-refractivity contribution in [2.45, 2.75) is 25.9 Å². The molecule has 1 aliphatic rings. The van der Waals surface area contributed by atoms with Crippen LogP contribution in [0.2, 0.25) is 5.02 Å². The van der Waals surface area contributed by atoms with Gasteiger partial charge in [0, 0.05) is 29.7 Å². The number of nitrogens with zero attached hydrogens (tertiary/aromatic N) is 3. The number of halogens is 2. The molecule has 0 bridgehead atoms. The zero-order valence-corrected chi connectivity index (χ0v) is 23.1. The largest absolute Gasteiger partial charge is 0.487 e. The average Bonchev–Trinajstić information content (AvgIpc) is 3.01. The van der Waals surface area contributed by atoms with Crippen LogP contribution in [0.15, 0.2) is 91.3 Å². The first-order valence-corrected chi connectivity index (χ1v) is 14.0. The van der Waals surface area contributed by atoms with Gasteiger partial charge in [0.1, 0.15) is 30.3 Å². The minimum Gasteiger partial charge on any atom is -0.487 e. The molecular weight excluding hydrogens is 539 g/mol. The van der Waals surface area contributed by atoms with Crippen LogP contribution in [0.25, 0.3) is 22.0 Å². The van der Waals surface area contributed by atoms with Crippen LogP contribution in [-0.2, 0) is 6.61 Å². The topological polar surface area (TPSA) is 67.3 Å². The Kier molecular flexibility index (Phi) is 7.78. The van der Waals surface area contributed by atoms with E-state index in [1.807, 2.05) is 53.4 Å².